The molecule has 1 aromatic carbocycles. The molecule has 1 saturated heterocycles. The summed E-state index contributed by atoms with van der Waals surface area (Å²) in [6.45, 7) is 4.17. The summed E-state index contributed by atoms with van der Waals surface area (Å²) in [7, 11) is 0. The third kappa shape index (κ3) is 2.93. The largest absolute Gasteiger partial charge is 0.326 e. The Bertz CT molecular complexity index is 469. The summed E-state index contributed by atoms with van der Waals surface area (Å²) in [6.07, 6.45) is 3.38. The third-order valence-electron chi connectivity index (χ3n) is 4.39. The predicted octanol–water partition coefficient (Wildman–Crippen LogP) is 2.75. The molecular formula is C15H21ClN2O. The van der Waals surface area contributed by atoms with Crippen LogP contribution in [-0.4, -0.2) is 19.0 Å². The lowest BCUT2D eigenvalue weighted by Crippen LogP contribution is -2.31. The number of anilines is 1. The molecule has 1 unspecified atom stereocenters. The Balaban J connectivity index is 0.00000133. The van der Waals surface area contributed by atoms with Gasteiger partial charge in [-0.15, -0.1) is 12.4 Å². The fourth-order valence-electron chi connectivity index (χ4n) is 3.15. The van der Waals surface area contributed by atoms with Crippen molar-refractivity contribution in [2.75, 3.05) is 18.4 Å². The highest BCUT2D eigenvalue weighted by atomic mass is 35.5. The highest BCUT2D eigenvalue weighted by Crippen LogP contribution is 2.58. The third-order valence-corrected chi connectivity index (χ3v) is 4.39. The van der Waals surface area contributed by atoms with Crippen molar-refractivity contribution >= 4 is 24.0 Å². The predicted molar refractivity (Wildman–Crippen MR) is 79.7 cm³/mol. The van der Waals surface area contributed by atoms with Gasteiger partial charge in [-0.2, -0.15) is 0 Å². The van der Waals surface area contributed by atoms with Gasteiger partial charge in [0.15, 0.2) is 0 Å². The SMILES string of the molecule is Cc1cccc(NC(=O)C2CC23CCNCC3)c1.Cl. The summed E-state index contributed by atoms with van der Waals surface area (Å²) < 4.78 is 0. The Kier molecular flexibility index (Phi) is 4.16. The van der Waals surface area contributed by atoms with Crippen molar-refractivity contribution in [2.24, 2.45) is 11.3 Å². The molecule has 2 N–H and O–H groups in total. The van der Waals surface area contributed by atoms with Crippen LogP contribution < -0.4 is 10.6 Å². The molecule has 19 heavy (non-hydrogen) atoms. The number of carbonyl (C=O) groups is 1. The maximum absolute atomic E-state index is 12.2. The van der Waals surface area contributed by atoms with Crippen molar-refractivity contribution in [3.05, 3.63) is 29.8 Å². The smallest absolute Gasteiger partial charge is 0.228 e. The van der Waals surface area contributed by atoms with Gasteiger partial charge in [0.1, 0.15) is 0 Å². The van der Waals surface area contributed by atoms with Crippen LogP contribution in [0.5, 0.6) is 0 Å². The number of halogens is 1. The summed E-state index contributed by atoms with van der Waals surface area (Å²) in [5.74, 6) is 0.447. The maximum Gasteiger partial charge on any atom is 0.228 e. The number of aryl methyl sites for hydroxylation is 1. The lowest BCUT2D eigenvalue weighted by atomic mass is 9.92. The Morgan fingerprint density at radius 1 is 1.37 bits per heavy atom. The first kappa shape index (κ1) is 14.4. The lowest BCUT2D eigenvalue weighted by molar-refractivity contribution is -0.118. The average Bonchev–Trinajstić information content (AvgIpc) is 3.04. The minimum atomic E-state index is 0. The summed E-state index contributed by atoms with van der Waals surface area (Å²) in [6, 6.07) is 8.01. The van der Waals surface area contributed by atoms with Gasteiger partial charge in [0.25, 0.3) is 0 Å². The first-order valence-corrected chi connectivity index (χ1v) is 6.78. The lowest BCUT2D eigenvalue weighted by Gasteiger charge is -2.23. The highest BCUT2D eigenvalue weighted by Gasteiger charge is 2.57. The number of carbonyl (C=O) groups excluding carboxylic acids is 1. The molecule has 1 aliphatic carbocycles. The molecule has 1 aromatic rings. The Hall–Kier alpha value is -1.06. The van der Waals surface area contributed by atoms with Gasteiger partial charge < -0.3 is 10.6 Å². The molecule has 104 valence electrons. The van der Waals surface area contributed by atoms with E-state index >= 15 is 0 Å². The van der Waals surface area contributed by atoms with Gasteiger partial charge in [0.05, 0.1) is 0 Å². The van der Waals surface area contributed by atoms with Crippen LogP contribution in [0.2, 0.25) is 0 Å². The molecule has 1 saturated carbocycles. The van der Waals surface area contributed by atoms with Crippen LogP contribution >= 0.6 is 12.4 Å². The second-order valence-corrected chi connectivity index (χ2v) is 5.73. The van der Waals surface area contributed by atoms with E-state index in [1.807, 2.05) is 31.2 Å². The summed E-state index contributed by atoms with van der Waals surface area (Å²) >= 11 is 0. The number of benzene rings is 1. The fraction of sp³-hybridized carbons (Fsp3) is 0.533. The summed E-state index contributed by atoms with van der Waals surface area (Å²) in [5.41, 5.74) is 2.43. The highest BCUT2D eigenvalue weighted by molar-refractivity contribution is 5.95. The molecule has 1 spiro atoms. The van der Waals surface area contributed by atoms with E-state index in [9.17, 15) is 4.79 Å². The molecule has 0 bridgehead atoms. The molecule has 1 aliphatic heterocycles. The molecule has 2 aliphatic rings. The van der Waals surface area contributed by atoms with Gasteiger partial charge in [0, 0.05) is 11.6 Å². The van der Waals surface area contributed by atoms with Crippen LogP contribution in [0.4, 0.5) is 5.69 Å². The minimum absolute atomic E-state index is 0. The van der Waals surface area contributed by atoms with Gasteiger partial charge in [-0.1, -0.05) is 12.1 Å². The van der Waals surface area contributed by atoms with Crippen LogP contribution in [0.1, 0.15) is 24.8 Å². The molecule has 3 nitrogen and oxygen atoms in total. The molecule has 1 heterocycles. The zero-order valence-corrected chi connectivity index (χ0v) is 12.1. The van der Waals surface area contributed by atoms with E-state index in [0.717, 1.165) is 38.0 Å². The number of piperidine rings is 1. The quantitative estimate of drug-likeness (QED) is 0.875. The van der Waals surface area contributed by atoms with E-state index in [-0.39, 0.29) is 24.2 Å². The Labute approximate surface area is 120 Å². The molecule has 2 fully saturated rings. The van der Waals surface area contributed by atoms with Gasteiger partial charge in [-0.25, -0.2) is 0 Å². The van der Waals surface area contributed by atoms with Crippen molar-refractivity contribution in [1.82, 2.24) is 5.32 Å². The van der Waals surface area contributed by atoms with E-state index < -0.39 is 0 Å². The number of hydrogen-bond donors (Lipinski definition) is 2. The topological polar surface area (TPSA) is 41.1 Å². The first-order chi connectivity index (χ1) is 8.70. The standard InChI is InChI=1S/C15H20N2O.ClH/c1-11-3-2-4-12(9-11)17-14(18)13-10-15(13)5-7-16-8-6-15;/h2-4,9,13,16H,5-8,10H2,1H3,(H,17,18);1H. The molecule has 3 rings (SSSR count). The van der Waals surface area contributed by atoms with E-state index in [1.54, 1.807) is 0 Å². The van der Waals surface area contributed by atoms with Crippen molar-refractivity contribution in [2.45, 2.75) is 26.2 Å². The van der Waals surface area contributed by atoms with Gasteiger partial charge >= 0.3 is 0 Å². The molecule has 1 amide bonds. The normalized spacial score (nSPS) is 23.5. The summed E-state index contributed by atoms with van der Waals surface area (Å²) in [5, 5.41) is 6.42. The molecular weight excluding hydrogens is 260 g/mol. The molecule has 1 atom stereocenters. The van der Waals surface area contributed by atoms with Crippen LogP contribution in [0.15, 0.2) is 24.3 Å². The van der Waals surface area contributed by atoms with E-state index in [1.165, 1.54) is 5.56 Å². The number of nitrogens with one attached hydrogen (secondary N) is 2. The van der Waals surface area contributed by atoms with E-state index in [4.69, 9.17) is 0 Å². The Morgan fingerprint density at radius 3 is 2.79 bits per heavy atom. The van der Waals surface area contributed by atoms with Gasteiger partial charge in [-0.05, 0) is 62.4 Å². The molecule has 0 aromatic heterocycles. The average molecular weight is 281 g/mol. The van der Waals surface area contributed by atoms with Crippen molar-refractivity contribution in [1.29, 1.82) is 0 Å². The second-order valence-electron chi connectivity index (χ2n) is 5.73. The minimum Gasteiger partial charge on any atom is -0.326 e. The first-order valence-electron chi connectivity index (χ1n) is 6.78. The van der Waals surface area contributed by atoms with Gasteiger partial charge in [-0.3, -0.25) is 4.79 Å². The van der Waals surface area contributed by atoms with Crippen LogP contribution in [0.3, 0.4) is 0 Å². The Morgan fingerprint density at radius 2 is 2.11 bits per heavy atom. The zero-order chi connectivity index (χ0) is 12.6. The molecule has 4 heteroatoms. The van der Waals surface area contributed by atoms with E-state index in [2.05, 4.69) is 10.6 Å². The second kappa shape index (κ2) is 5.51. The fourth-order valence-corrected chi connectivity index (χ4v) is 3.15. The number of amides is 1. The molecule has 0 radical (unpaired) electrons. The van der Waals surface area contributed by atoms with Crippen molar-refractivity contribution < 1.29 is 4.79 Å². The number of hydrogen-bond acceptors (Lipinski definition) is 2. The maximum atomic E-state index is 12.2. The summed E-state index contributed by atoms with van der Waals surface area (Å²) in [4.78, 5) is 12.2. The monoisotopic (exact) mass is 280 g/mol. The van der Waals surface area contributed by atoms with Crippen LogP contribution in [0, 0.1) is 18.3 Å². The van der Waals surface area contributed by atoms with Crippen molar-refractivity contribution in [3.8, 4) is 0 Å². The zero-order valence-electron chi connectivity index (χ0n) is 11.2. The van der Waals surface area contributed by atoms with E-state index in [0.29, 0.717) is 5.41 Å². The van der Waals surface area contributed by atoms with Crippen LogP contribution in [-0.2, 0) is 4.79 Å². The van der Waals surface area contributed by atoms with Gasteiger partial charge in [0.2, 0.25) is 5.91 Å². The van der Waals surface area contributed by atoms with Crippen molar-refractivity contribution in [3.63, 3.8) is 0 Å². The van der Waals surface area contributed by atoms with Crippen LogP contribution in [0.25, 0.3) is 0 Å². The number of rotatable bonds is 2.